The molecule has 5 nitrogen and oxygen atoms in total. The van der Waals surface area contributed by atoms with E-state index in [4.69, 9.17) is 16.4 Å². The lowest BCUT2D eigenvalue weighted by molar-refractivity contribution is -0.0756. The number of rotatable bonds is 2. The van der Waals surface area contributed by atoms with Gasteiger partial charge in [-0.15, -0.1) is 0 Å². The summed E-state index contributed by atoms with van der Waals surface area (Å²) >= 11 is 5.80. The van der Waals surface area contributed by atoms with Gasteiger partial charge in [-0.1, -0.05) is 11.6 Å². The minimum atomic E-state index is -0.319. The third kappa shape index (κ3) is 1.81. The molecule has 0 aromatic carbocycles. The summed E-state index contributed by atoms with van der Waals surface area (Å²) < 4.78 is 1.41. The van der Waals surface area contributed by atoms with E-state index < -0.39 is 0 Å². The van der Waals surface area contributed by atoms with Gasteiger partial charge in [0.1, 0.15) is 5.15 Å². The summed E-state index contributed by atoms with van der Waals surface area (Å²) in [5.41, 5.74) is 0.327. The third-order valence-electron chi connectivity index (χ3n) is 1.66. The van der Waals surface area contributed by atoms with Crippen molar-refractivity contribution in [1.29, 1.82) is 0 Å². The van der Waals surface area contributed by atoms with Crippen molar-refractivity contribution in [2.45, 2.75) is 0 Å². The smallest absolute Gasteiger partial charge is 0.274 e. The van der Waals surface area contributed by atoms with E-state index in [1.54, 1.807) is 7.05 Å². The summed E-state index contributed by atoms with van der Waals surface area (Å²) in [5.74, 6) is -0.319. The molecule has 1 heterocycles. The van der Waals surface area contributed by atoms with Gasteiger partial charge in [-0.3, -0.25) is 14.3 Å². The molecule has 0 aliphatic heterocycles. The first-order valence-corrected chi connectivity index (χ1v) is 3.95. The van der Waals surface area contributed by atoms with E-state index in [0.29, 0.717) is 10.7 Å². The minimum absolute atomic E-state index is 0.300. The van der Waals surface area contributed by atoms with Gasteiger partial charge < -0.3 is 0 Å². The molecule has 0 saturated heterocycles. The lowest BCUT2D eigenvalue weighted by Gasteiger charge is -2.12. The SMILES string of the molecule is CON(C)C(=O)c1cnn(C)c1Cl. The Kier molecular flexibility index (Phi) is 2.90. The fourth-order valence-electron chi connectivity index (χ4n) is 0.819. The normalized spacial score (nSPS) is 10.2. The van der Waals surface area contributed by atoms with Gasteiger partial charge >= 0.3 is 0 Å². The Bertz CT molecular complexity index is 324. The lowest BCUT2D eigenvalue weighted by Crippen LogP contribution is -2.25. The maximum Gasteiger partial charge on any atom is 0.281 e. The van der Waals surface area contributed by atoms with Crippen LogP contribution >= 0.6 is 11.6 Å². The molecule has 0 radical (unpaired) electrons. The summed E-state index contributed by atoms with van der Waals surface area (Å²) in [6.07, 6.45) is 1.40. The standard InChI is InChI=1S/C7H10ClN3O2/c1-10-6(8)5(4-9-10)7(12)11(2)13-3/h4H,1-3H3. The Morgan fingerprint density at radius 3 is 2.77 bits per heavy atom. The monoisotopic (exact) mass is 203 g/mol. The number of hydroxylamine groups is 2. The van der Waals surface area contributed by atoms with Crippen molar-refractivity contribution in [3.05, 3.63) is 16.9 Å². The molecule has 0 aliphatic carbocycles. The molecule has 0 fully saturated rings. The maximum absolute atomic E-state index is 11.5. The molecule has 0 unspecified atom stereocenters. The van der Waals surface area contributed by atoms with Crippen molar-refractivity contribution in [1.82, 2.24) is 14.8 Å². The summed E-state index contributed by atoms with van der Waals surface area (Å²) in [5, 5.41) is 5.22. The maximum atomic E-state index is 11.5. The largest absolute Gasteiger partial charge is 0.281 e. The van der Waals surface area contributed by atoms with E-state index in [9.17, 15) is 4.79 Å². The summed E-state index contributed by atoms with van der Waals surface area (Å²) in [4.78, 5) is 16.2. The van der Waals surface area contributed by atoms with Crippen LogP contribution in [0.15, 0.2) is 6.20 Å². The molecule has 1 amide bonds. The number of amides is 1. The molecular formula is C7H10ClN3O2. The average molecular weight is 204 g/mol. The topological polar surface area (TPSA) is 47.4 Å². The first-order chi connectivity index (χ1) is 6.07. The quantitative estimate of drug-likeness (QED) is 0.665. The zero-order chi connectivity index (χ0) is 10.0. The molecule has 0 spiro atoms. The van der Waals surface area contributed by atoms with Crippen molar-refractivity contribution in [3.8, 4) is 0 Å². The Balaban J connectivity index is 2.95. The van der Waals surface area contributed by atoms with E-state index in [1.807, 2.05) is 0 Å². The van der Waals surface area contributed by atoms with E-state index in [0.717, 1.165) is 5.06 Å². The van der Waals surface area contributed by atoms with Crippen molar-refractivity contribution in [2.75, 3.05) is 14.2 Å². The molecule has 1 aromatic rings. The predicted molar refractivity (Wildman–Crippen MR) is 47.3 cm³/mol. The predicted octanol–water partition coefficient (Wildman–Crippen LogP) is 0.707. The Morgan fingerprint density at radius 2 is 2.38 bits per heavy atom. The van der Waals surface area contributed by atoms with Crippen LogP contribution in [0.4, 0.5) is 0 Å². The van der Waals surface area contributed by atoms with Gasteiger partial charge in [-0.25, -0.2) is 5.06 Å². The van der Waals surface area contributed by atoms with Gasteiger partial charge in [0.05, 0.1) is 18.9 Å². The van der Waals surface area contributed by atoms with Crippen LogP contribution in [0.5, 0.6) is 0 Å². The second-order valence-corrected chi connectivity index (χ2v) is 2.82. The first kappa shape index (κ1) is 10.0. The van der Waals surface area contributed by atoms with E-state index in [-0.39, 0.29) is 5.91 Å². The van der Waals surface area contributed by atoms with Crippen LogP contribution in [-0.2, 0) is 11.9 Å². The highest BCUT2D eigenvalue weighted by molar-refractivity contribution is 6.32. The second-order valence-electron chi connectivity index (χ2n) is 2.46. The number of aryl methyl sites for hydroxylation is 1. The highest BCUT2D eigenvalue weighted by Gasteiger charge is 2.17. The van der Waals surface area contributed by atoms with Gasteiger partial charge in [0.2, 0.25) is 0 Å². The molecule has 6 heteroatoms. The van der Waals surface area contributed by atoms with Crippen molar-refractivity contribution in [3.63, 3.8) is 0 Å². The van der Waals surface area contributed by atoms with Gasteiger partial charge in [-0.05, 0) is 0 Å². The molecule has 1 rings (SSSR count). The average Bonchev–Trinajstić information content (AvgIpc) is 2.45. The zero-order valence-corrected chi connectivity index (χ0v) is 8.37. The summed E-state index contributed by atoms with van der Waals surface area (Å²) in [6.45, 7) is 0. The number of carbonyl (C=O) groups is 1. The Labute approximate surface area is 80.8 Å². The van der Waals surface area contributed by atoms with Gasteiger partial charge in [0.15, 0.2) is 0 Å². The van der Waals surface area contributed by atoms with Crippen LogP contribution in [0.1, 0.15) is 10.4 Å². The number of hydrogen-bond acceptors (Lipinski definition) is 3. The number of halogens is 1. The van der Waals surface area contributed by atoms with E-state index >= 15 is 0 Å². The van der Waals surface area contributed by atoms with Crippen molar-refractivity contribution < 1.29 is 9.63 Å². The molecular weight excluding hydrogens is 194 g/mol. The highest BCUT2D eigenvalue weighted by atomic mass is 35.5. The van der Waals surface area contributed by atoms with Crippen LogP contribution in [0.3, 0.4) is 0 Å². The van der Waals surface area contributed by atoms with Crippen LogP contribution in [-0.4, -0.2) is 34.9 Å². The number of hydrogen-bond donors (Lipinski definition) is 0. The molecule has 0 atom stereocenters. The van der Waals surface area contributed by atoms with Gasteiger partial charge in [0.25, 0.3) is 5.91 Å². The fraction of sp³-hybridized carbons (Fsp3) is 0.429. The summed E-state index contributed by atoms with van der Waals surface area (Å²) in [6, 6.07) is 0. The molecule has 0 saturated carbocycles. The number of carbonyl (C=O) groups excluding carboxylic acids is 1. The Hall–Kier alpha value is -1.07. The van der Waals surface area contributed by atoms with Crippen LogP contribution < -0.4 is 0 Å². The molecule has 13 heavy (non-hydrogen) atoms. The molecule has 0 N–H and O–H groups in total. The number of aromatic nitrogens is 2. The molecule has 0 bridgehead atoms. The van der Waals surface area contributed by atoms with Gasteiger partial charge in [-0.2, -0.15) is 5.10 Å². The third-order valence-corrected chi connectivity index (χ3v) is 2.10. The second kappa shape index (κ2) is 3.76. The zero-order valence-electron chi connectivity index (χ0n) is 7.61. The molecule has 0 aliphatic rings. The van der Waals surface area contributed by atoms with Crippen molar-refractivity contribution in [2.24, 2.45) is 7.05 Å². The highest BCUT2D eigenvalue weighted by Crippen LogP contribution is 2.15. The van der Waals surface area contributed by atoms with E-state index in [1.165, 1.54) is 25.0 Å². The summed E-state index contributed by atoms with van der Waals surface area (Å²) in [7, 11) is 4.57. The van der Waals surface area contributed by atoms with Crippen LogP contribution in [0, 0.1) is 0 Å². The Morgan fingerprint density at radius 1 is 1.77 bits per heavy atom. The first-order valence-electron chi connectivity index (χ1n) is 3.57. The molecule has 1 aromatic heterocycles. The van der Waals surface area contributed by atoms with Crippen LogP contribution in [0.2, 0.25) is 5.15 Å². The fourth-order valence-corrected chi connectivity index (χ4v) is 0.992. The van der Waals surface area contributed by atoms with E-state index in [2.05, 4.69) is 5.10 Å². The minimum Gasteiger partial charge on any atom is -0.274 e. The number of nitrogens with zero attached hydrogens (tertiary/aromatic N) is 3. The molecule has 72 valence electrons. The van der Waals surface area contributed by atoms with Gasteiger partial charge in [0, 0.05) is 14.1 Å². The lowest BCUT2D eigenvalue weighted by atomic mass is 10.3. The van der Waals surface area contributed by atoms with Crippen LogP contribution in [0.25, 0.3) is 0 Å². The van der Waals surface area contributed by atoms with Crippen molar-refractivity contribution >= 4 is 17.5 Å².